The smallest absolute Gasteiger partial charge is 0.0462 e. The lowest BCUT2D eigenvalue weighted by Crippen LogP contribution is -2.09. The molecule has 0 aliphatic heterocycles. The fraction of sp³-hybridized carbons (Fsp3) is 0.0303. The van der Waals surface area contributed by atoms with Crippen LogP contribution in [0.5, 0.6) is 0 Å². The maximum Gasteiger partial charge on any atom is 0.0462 e. The first-order valence-corrected chi connectivity index (χ1v) is 11.6. The third-order valence-electron chi connectivity index (χ3n) is 6.11. The summed E-state index contributed by atoms with van der Waals surface area (Å²) in [5.74, 6) is 0. The van der Waals surface area contributed by atoms with Crippen LogP contribution in [0.3, 0.4) is 0 Å². The number of rotatable bonds is 6. The highest BCUT2D eigenvalue weighted by atomic mass is 15.1. The van der Waals surface area contributed by atoms with E-state index >= 15 is 0 Å². The van der Waals surface area contributed by atoms with Crippen LogP contribution in [0.2, 0.25) is 0 Å². The lowest BCUT2D eigenvalue weighted by atomic mass is 10.0. The van der Waals surface area contributed by atoms with E-state index in [2.05, 4.69) is 140 Å². The minimum Gasteiger partial charge on any atom is -0.311 e. The molecule has 5 aromatic carbocycles. The summed E-state index contributed by atoms with van der Waals surface area (Å²) in [6, 6.07) is 45.2. The zero-order chi connectivity index (χ0) is 23.3. The molecular formula is C33H27N. The van der Waals surface area contributed by atoms with E-state index in [0.717, 1.165) is 22.6 Å². The van der Waals surface area contributed by atoms with Crippen LogP contribution in [0.25, 0.3) is 28.3 Å². The van der Waals surface area contributed by atoms with Crippen molar-refractivity contribution >= 4 is 23.1 Å². The molecule has 0 saturated heterocycles. The summed E-state index contributed by atoms with van der Waals surface area (Å²) < 4.78 is 0. The van der Waals surface area contributed by atoms with Crippen molar-refractivity contribution in [1.82, 2.24) is 0 Å². The van der Waals surface area contributed by atoms with Crippen molar-refractivity contribution < 1.29 is 0 Å². The highest BCUT2D eigenvalue weighted by Gasteiger charge is 2.13. The Hall–Kier alpha value is -4.36. The molecule has 0 heterocycles. The first-order valence-electron chi connectivity index (χ1n) is 11.6. The largest absolute Gasteiger partial charge is 0.311 e. The average molecular weight is 438 g/mol. The normalized spacial score (nSPS) is 10.6. The molecule has 0 unspecified atom stereocenters. The van der Waals surface area contributed by atoms with Crippen LogP contribution in [-0.4, -0.2) is 0 Å². The summed E-state index contributed by atoms with van der Waals surface area (Å²) >= 11 is 0. The van der Waals surface area contributed by atoms with E-state index in [0.29, 0.717) is 0 Å². The molecule has 0 aliphatic rings. The Balaban J connectivity index is 1.53. The van der Waals surface area contributed by atoms with Crippen LogP contribution in [0.1, 0.15) is 11.1 Å². The molecule has 0 radical (unpaired) electrons. The number of hydrogen-bond donors (Lipinski definition) is 0. The van der Waals surface area contributed by atoms with Gasteiger partial charge in [-0.1, -0.05) is 103 Å². The van der Waals surface area contributed by atoms with Crippen LogP contribution < -0.4 is 4.90 Å². The van der Waals surface area contributed by atoms with E-state index in [-0.39, 0.29) is 0 Å². The first kappa shape index (κ1) is 21.5. The van der Waals surface area contributed by atoms with Gasteiger partial charge in [-0.15, -0.1) is 0 Å². The van der Waals surface area contributed by atoms with E-state index < -0.39 is 0 Å². The van der Waals surface area contributed by atoms with Crippen molar-refractivity contribution in [2.75, 3.05) is 4.90 Å². The number of nitrogens with zero attached hydrogens (tertiary/aromatic N) is 1. The predicted octanol–water partition coefficient (Wildman–Crippen LogP) is 9.44. The maximum atomic E-state index is 3.90. The fourth-order valence-corrected chi connectivity index (χ4v) is 4.22. The van der Waals surface area contributed by atoms with Gasteiger partial charge in [-0.05, 0) is 77.2 Å². The van der Waals surface area contributed by atoms with Gasteiger partial charge in [0.15, 0.2) is 0 Å². The van der Waals surface area contributed by atoms with Gasteiger partial charge < -0.3 is 4.90 Å². The summed E-state index contributed by atoms with van der Waals surface area (Å²) in [4.78, 5) is 2.30. The van der Waals surface area contributed by atoms with Gasteiger partial charge in [0.1, 0.15) is 0 Å². The Morgan fingerprint density at radius 3 is 1.53 bits per heavy atom. The third kappa shape index (κ3) is 4.55. The van der Waals surface area contributed by atoms with Gasteiger partial charge in [0.25, 0.3) is 0 Å². The van der Waals surface area contributed by atoms with Crippen LogP contribution in [0.15, 0.2) is 134 Å². The molecule has 0 N–H and O–H groups in total. The summed E-state index contributed by atoms with van der Waals surface area (Å²) in [5, 5.41) is 0. The second kappa shape index (κ2) is 9.64. The zero-order valence-electron chi connectivity index (χ0n) is 19.4. The van der Waals surface area contributed by atoms with Crippen LogP contribution in [0, 0.1) is 6.92 Å². The molecule has 0 bridgehead atoms. The summed E-state index contributed by atoms with van der Waals surface area (Å²) in [6.45, 7) is 6.02. The molecule has 0 aliphatic carbocycles. The average Bonchev–Trinajstić information content (AvgIpc) is 2.91. The lowest BCUT2D eigenvalue weighted by Gasteiger charge is -2.26. The van der Waals surface area contributed by atoms with Crippen molar-refractivity contribution in [3.63, 3.8) is 0 Å². The number of benzene rings is 5. The van der Waals surface area contributed by atoms with Gasteiger partial charge in [-0.2, -0.15) is 0 Å². The van der Waals surface area contributed by atoms with Crippen LogP contribution in [0.4, 0.5) is 17.1 Å². The second-order valence-electron chi connectivity index (χ2n) is 8.46. The quantitative estimate of drug-likeness (QED) is 0.256. The van der Waals surface area contributed by atoms with Crippen molar-refractivity contribution in [2.24, 2.45) is 0 Å². The molecule has 0 fully saturated rings. The molecule has 0 atom stereocenters. The first-order chi connectivity index (χ1) is 16.7. The minimum atomic E-state index is 1.12. The van der Waals surface area contributed by atoms with Crippen molar-refractivity contribution in [3.05, 3.63) is 145 Å². The van der Waals surface area contributed by atoms with Crippen molar-refractivity contribution in [1.29, 1.82) is 0 Å². The van der Waals surface area contributed by atoms with E-state index in [1.165, 1.54) is 27.8 Å². The number of anilines is 3. The molecule has 5 rings (SSSR count). The van der Waals surface area contributed by atoms with Gasteiger partial charge in [-0.25, -0.2) is 0 Å². The van der Waals surface area contributed by atoms with Crippen LogP contribution in [-0.2, 0) is 0 Å². The van der Waals surface area contributed by atoms with E-state index in [1.807, 2.05) is 12.1 Å². The maximum absolute atomic E-state index is 3.90. The van der Waals surface area contributed by atoms with Crippen LogP contribution >= 0.6 is 0 Å². The molecule has 0 saturated carbocycles. The second-order valence-corrected chi connectivity index (χ2v) is 8.46. The fourth-order valence-electron chi connectivity index (χ4n) is 4.22. The lowest BCUT2D eigenvalue weighted by molar-refractivity contribution is 1.27. The molecule has 0 spiro atoms. The Morgan fingerprint density at radius 1 is 0.500 bits per heavy atom. The molecule has 1 nitrogen and oxygen atoms in total. The van der Waals surface area contributed by atoms with Gasteiger partial charge >= 0.3 is 0 Å². The van der Waals surface area contributed by atoms with Gasteiger partial charge in [0.2, 0.25) is 0 Å². The van der Waals surface area contributed by atoms with Crippen molar-refractivity contribution in [2.45, 2.75) is 6.92 Å². The molecule has 164 valence electrons. The summed E-state index contributed by atoms with van der Waals surface area (Å²) in [7, 11) is 0. The Morgan fingerprint density at radius 2 is 0.971 bits per heavy atom. The molecule has 1 heteroatoms. The Kier molecular flexibility index (Phi) is 6.09. The molecule has 34 heavy (non-hydrogen) atoms. The number of aryl methyl sites for hydroxylation is 1. The molecule has 0 aromatic heterocycles. The van der Waals surface area contributed by atoms with E-state index in [1.54, 1.807) is 0 Å². The van der Waals surface area contributed by atoms with Gasteiger partial charge in [0.05, 0.1) is 0 Å². The number of hydrogen-bond acceptors (Lipinski definition) is 1. The molecular weight excluding hydrogens is 410 g/mol. The van der Waals surface area contributed by atoms with Crippen molar-refractivity contribution in [3.8, 4) is 22.3 Å². The Labute approximate surface area is 202 Å². The highest BCUT2D eigenvalue weighted by molar-refractivity contribution is 5.80. The zero-order valence-corrected chi connectivity index (χ0v) is 19.4. The monoisotopic (exact) mass is 437 g/mol. The van der Waals surface area contributed by atoms with E-state index in [9.17, 15) is 0 Å². The summed E-state index contributed by atoms with van der Waals surface area (Å²) in [6.07, 6.45) is 1.89. The topological polar surface area (TPSA) is 3.24 Å². The van der Waals surface area contributed by atoms with E-state index in [4.69, 9.17) is 0 Å². The Bertz CT molecular complexity index is 1380. The molecule has 5 aromatic rings. The minimum absolute atomic E-state index is 1.12. The standard InChI is InChI=1S/C33H27N/c1-3-26-8-7-11-30(24-26)29-16-22-33(23-17-29)34(31-18-12-25(2)13-19-31)32-20-14-28(15-21-32)27-9-5-4-6-10-27/h3-24H,1H2,2H3. The predicted molar refractivity (Wildman–Crippen MR) is 147 cm³/mol. The van der Waals surface area contributed by atoms with Gasteiger partial charge in [0, 0.05) is 17.1 Å². The molecule has 0 amide bonds. The third-order valence-corrected chi connectivity index (χ3v) is 6.11. The summed E-state index contributed by atoms with van der Waals surface area (Å²) in [5.41, 5.74) is 10.6. The highest BCUT2D eigenvalue weighted by Crippen LogP contribution is 2.36. The van der Waals surface area contributed by atoms with Gasteiger partial charge in [-0.3, -0.25) is 0 Å². The SMILES string of the molecule is C=Cc1cccc(-c2ccc(N(c3ccc(C)cc3)c3ccc(-c4ccccc4)cc3)cc2)c1.